The van der Waals surface area contributed by atoms with Gasteiger partial charge in [-0.2, -0.15) is 5.10 Å². The average Bonchev–Trinajstić information content (AvgIpc) is 3.48. The lowest BCUT2D eigenvalue weighted by Gasteiger charge is -2.41. The van der Waals surface area contributed by atoms with Crippen LogP contribution in [-0.2, 0) is 13.1 Å². The van der Waals surface area contributed by atoms with Gasteiger partial charge in [0.2, 0.25) is 0 Å². The minimum absolute atomic E-state index is 0.106. The molecule has 0 spiro atoms. The van der Waals surface area contributed by atoms with Gasteiger partial charge in [0.25, 0.3) is 11.5 Å². The van der Waals surface area contributed by atoms with Crippen LogP contribution in [0.2, 0.25) is 0 Å². The van der Waals surface area contributed by atoms with E-state index in [2.05, 4.69) is 54.5 Å². The number of pyridine rings is 2. The van der Waals surface area contributed by atoms with Gasteiger partial charge in [0.1, 0.15) is 0 Å². The number of amides is 1. The van der Waals surface area contributed by atoms with Gasteiger partial charge < -0.3 is 15.6 Å². The summed E-state index contributed by atoms with van der Waals surface area (Å²) >= 11 is 0. The molecule has 1 aliphatic carbocycles. The lowest BCUT2D eigenvalue weighted by Crippen LogP contribution is -2.53. The van der Waals surface area contributed by atoms with Crippen molar-refractivity contribution >= 4 is 22.5 Å². The fourth-order valence-corrected chi connectivity index (χ4v) is 5.52. The minimum Gasteiger partial charge on any atom is -0.348 e. The van der Waals surface area contributed by atoms with Crippen molar-refractivity contribution in [3.63, 3.8) is 0 Å². The Kier molecular flexibility index (Phi) is 5.90. The summed E-state index contributed by atoms with van der Waals surface area (Å²) in [5.41, 5.74) is 4.94. The molecule has 36 heavy (non-hydrogen) atoms. The number of aromatic amines is 1. The number of hydrogen-bond acceptors (Lipinski definition) is 5. The summed E-state index contributed by atoms with van der Waals surface area (Å²) in [6, 6.07) is 3.80. The second-order valence-corrected chi connectivity index (χ2v) is 11.8. The fourth-order valence-electron chi connectivity index (χ4n) is 5.52. The number of aryl methyl sites for hydroxylation is 2. The number of carbonyl (C=O) groups is 1. The first-order chi connectivity index (χ1) is 16.9. The van der Waals surface area contributed by atoms with E-state index in [0.29, 0.717) is 17.0 Å². The maximum absolute atomic E-state index is 13.5. The number of hydrogen-bond donors (Lipinski definition) is 3. The Morgan fingerprint density at radius 1 is 1.19 bits per heavy atom. The Bertz CT molecular complexity index is 1440. The molecular weight excluding hydrogens is 452 g/mol. The van der Waals surface area contributed by atoms with Crippen LogP contribution in [0.1, 0.15) is 79.8 Å². The molecule has 0 bridgehead atoms. The number of nitrogens with zero attached hydrogens (tertiary/aromatic N) is 3. The first-order valence-corrected chi connectivity index (χ1v) is 12.8. The molecule has 8 nitrogen and oxygen atoms in total. The van der Waals surface area contributed by atoms with E-state index in [1.807, 2.05) is 30.7 Å². The first-order valence-electron chi connectivity index (χ1n) is 12.8. The zero-order valence-electron chi connectivity index (χ0n) is 22.1. The monoisotopic (exact) mass is 488 g/mol. The van der Waals surface area contributed by atoms with Gasteiger partial charge in [-0.15, -0.1) is 0 Å². The van der Waals surface area contributed by atoms with Gasteiger partial charge >= 0.3 is 0 Å². The Balaban J connectivity index is 1.55. The topological polar surface area (TPSA) is 105 Å². The molecule has 1 aliphatic heterocycles. The van der Waals surface area contributed by atoms with E-state index in [0.717, 1.165) is 46.5 Å². The van der Waals surface area contributed by atoms with Crippen LogP contribution < -0.4 is 16.2 Å². The number of aromatic nitrogens is 4. The summed E-state index contributed by atoms with van der Waals surface area (Å²) in [4.78, 5) is 33.9. The smallest absolute Gasteiger partial charge is 0.253 e. The van der Waals surface area contributed by atoms with Crippen molar-refractivity contribution in [2.75, 3.05) is 0 Å². The highest BCUT2D eigenvalue weighted by atomic mass is 16.1. The predicted octanol–water partition coefficient (Wildman–Crippen LogP) is 4.01. The van der Waals surface area contributed by atoms with E-state index in [-0.39, 0.29) is 29.1 Å². The summed E-state index contributed by atoms with van der Waals surface area (Å²) in [5.74, 6) is 0.394. The van der Waals surface area contributed by atoms with Gasteiger partial charge in [0.15, 0.2) is 5.65 Å². The molecule has 2 aliphatic rings. The standard InChI is InChI=1S/C28H36N6O2/c1-16-9-17(2)31-26(36)21(16)13-29-25(35)20-10-23(19-11-27(3,4)33-28(5,6)12-19)32-24-22(20)14-30-34(24)15-18-7-8-18/h9-11,14,18,33H,7-8,12-13,15H2,1-6H3,(H,29,35)(H,31,36). The normalized spacial score (nSPS) is 18.8. The summed E-state index contributed by atoms with van der Waals surface area (Å²) in [6.07, 6.45) is 7.17. The molecule has 0 saturated heterocycles. The highest BCUT2D eigenvalue weighted by Crippen LogP contribution is 2.35. The van der Waals surface area contributed by atoms with Crippen molar-refractivity contribution in [1.29, 1.82) is 0 Å². The first kappa shape index (κ1) is 24.4. The molecule has 3 aromatic heterocycles. The largest absolute Gasteiger partial charge is 0.348 e. The molecule has 8 heteroatoms. The molecule has 1 fully saturated rings. The highest BCUT2D eigenvalue weighted by Gasteiger charge is 2.33. The molecule has 0 atom stereocenters. The second-order valence-electron chi connectivity index (χ2n) is 11.8. The Morgan fingerprint density at radius 3 is 2.61 bits per heavy atom. The van der Waals surface area contributed by atoms with Crippen molar-refractivity contribution in [3.05, 3.63) is 62.8 Å². The zero-order chi connectivity index (χ0) is 25.8. The van der Waals surface area contributed by atoms with Crippen LogP contribution in [0.25, 0.3) is 16.6 Å². The number of rotatable bonds is 6. The third-order valence-electron chi connectivity index (χ3n) is 7.06. The molecule has 1 amide bonds. The summed E-state index contributed by atoms with van der Waals surface area (Å²) in [6.45, 7) is 13.4. The van der Waals surface area contributed by atoms with Gasteiger partial charge in [-0.25, -0.2) is 9.67 Å². The van der Waals surface area contributed by atoms with Gasteiger partial charge in [-0.3, -0.25) is 9.59 Å². The molecule has 5 rings (SSSR count). The van der Waals surface area contributed by atoms with Crippen LogP contribution in [-0.4, -0.2) is 36.7 Å². The molecule has 0 radical (unpaired) electrons. The van der Waals surface area contributed by atoms with E-state index in [1.54, 1.807) is 6.20 Å². The van der Waals surface area contributed by atoms with Crippen LogP contribution in [0.3, 0.4) is 0 Å². The lowest BCUT2D eigenvalue weighted by molar-refractivity contribution is 0.0952. The number of nitrogens with one attached hydrogen (secondary N) is 3. The molecule has 0 aromatic carbocycles. The molecule has 190 valence electrons. The Hall–Kier alpha value is -3.26. The van der Waals surface area contributed by atoms with Gasteiger partial charge in [0.05, 0.1) is 22.8 Å². The number of carbonyl (C=O) groups excluding carboxylic acids is 1. The van der Waals surface area contributed by atoms with E-state index in [4.69, 9.17) is 4.98 Å². The van der Waals surface area contributed by atoms with Crippen molar-refractivity contribution in [2.24, 2.45) is 5.92 Å². The van der Waals surface area contributed by atoms with Crippen molar-refractivity contribution in [2.45, 2.75) is 85.0 Å². The highest BCUT2D eigenvalue weighted by molar-refractivity contribution is 6.06. The second kappa shape index (κ2) is 8.69. The number of fused-ring (bicyclic) bond motifs is 1. The maximum Gasteiger partial charge on any atom is 0.253 e. The molecule has 4 heterocycles. The van der Waals surface area contributed by atoms with E-state index < -0.39 is 0 Å². The van der Waals surface area contributed by atoms with Crippen molar-refractivity contribution in [3.8, 4) is 0 Å². The predicted molar refractivity (Wildman–Crippen MR) is 142 cm³/mol. The Labute approximate surface area is 211 Å². The summed E-state index contributed by atoms with van der Waals surface area (Å²) < 4.78 is 1.94. The van der Waals surface area contributed by atoms with Crippen molar-refractivity contribution in [1.82, 2.24) is 30.4 Å². The van der Waals surface area contributed by atoms with Gasteiger partial charge in [0, 0.05) is 35.4 Å². The third-order valence-corrected chi connectivity index (χ3v) is 7.06. The average molecular weight is 489 g/mol. The van der Waals surface area contributed by atoms with E-state index >= 15 is 0 Å². The molecule has 3 N–H and O–H groups in total. The summed E-state index contributed by atoms with van der Waals surface area (Å²) in [7, 11) is 0. The van der Waals surface area contributed by atoms with Crippen LogP contribution in [0.4, 0.5) is 0 Å². The van der Waals surface area contributed by atoms with Crippen LogP contribution >= 0.6 is 0 Å². The van der Waals surface area contributed by atoms with Crippen LogP contribution in [0.15, 0.2) is 29.2 Å². The maximum atomic E-state index is 13.5. The summed E-state index contributed by atoms with van der Waals surface area (Å²) in [5, 5.41) is 12.0. The molecule has 1 saturated carbocycles. The fraction of sp³-hybridized carbons (Fsp3) is 0.500. The lowest BCUT2D eigenvalue weighted by atomic mass is 9.82. The molecular formula is C28H36N6O2. The minimum atomic E-state index is -0.234. The zero-order valence-corrected chi connectivity index (χ0v) is 22.1. The quantitative estimate of drug-likeness (QED) is 0.486. The number of H-pyrrole nitrogens is 1. The van der Waals surface area contributed by atoms with E-state index in [1.165, 1.54) is 12.8 Å². The van der Waals surface area contributed by atoms with Crippen LogP contribution in [0.5, 0.6) is 0 Å². The van der Waals surface area contributed by atoms with Gasteiger partial charge in [-0.1, -0.05) is 6.08 Å². The molecule has 0 unspecified atom stereocenters. The van der Waals surface area contributed by atoms with Crippen molar-refractivity contribution < 1.29 is 4.79 Å². The third kappa shape index (κ3) is 5.00. The Morgan fingerprint density at radius 2 is 1.94 bits per heavy atom. The molecule has 3 aromatic rings. The van der Waals surface area contributed by atoms with Crippen LogP contribution in [0, 0.1) is 19.8 Å². The van der Waals surface area contributed by atoms with E-state index in [9.17, 15) is 9.59 Å². The SMILES string of the molecule is Cc1cc(C)c(CNC(=O)c2cc(C3=CC(C)(C)NC(C)(C)C3)nc3c2cnn3CC2CC2)c(=O)[nH]1. The van der Waals surface area contributed by atoms with Gasteiger partial charge in [-0.05, 0) is 90.0 Å².